The van der Waals surface area contributed by atoms with Crippen molar-refractivity contribution in [1.82, 2.24) is 9.88 Å². The SMILES string of the molecule is COc1cc2c(cn1)[C@H]1CC[C@@H](C2)N1C(=O)Nc1ccc(Cl)c(Cl)c1. The fraction of sp³-hybridized carbons (Fsp3) is 0.333. The van der Waals surface area contributed by atoms with Crippen LogP contribution in [0.3, 0.4) is 0 Å². The summed E-state index contributed by atoms with van der Waals surface area (Å²) in [5.74, 6) is 0.617. The van der Waals surface area contributed by atoms with Crippen LogP contribution in [0.25, 0.3) is 0 Å². The molecule has 3 heterocycles. The highest BCUT2D eigenvalue weighted by atomic mass is 35.5. The number of urea groups is 1. The summed E-state index contributed by atoms with van der Waals surface area (Å²) >= 11 is 12.0. The maximum Gasteiger partial charge on any atom is 0.322 e. The van der Waals surface area contributed by atoms with Crippen molar-refractivity contribution in [2.24, 2.45) is 0 Å². The number of halogens is 2. The normalized spacial score (nSPS) is 21.0. The third kappa shape index (κ3) is 2.92. The first-order valence-electron chi connectivity index (χ1n) is 8.14. The van der Waals surface area contributed by atoms with E-state index in [-0.39, 0.29) is 18.1 Å². The highest BCUT2D eigenvalue weighted by Gasteiger charge is 2.42. The average Bonchev–Trinajstić information content (AvgIpc) is 2.93. The summed E-state index contributed by atoms with van der Waals surface area (Å²) in [4.78, 5) is 19.1. The van der Waals surface area contributed by atoms with E-state index in [0.29, 0.717) is 21.6 Å². The minimum absolute atomic E-state index is 0.0509. The predicted molar refractivity (Wildman–Crippen MR) is 97.6 cm³/mol. The number of amides is 2. The number of carbonyl (C=O) groups excluding carboxylic acids is 1. The van der Waals surface area contributed by atoms with Gasteiger partial charge in [0.25, 0.3) is 0 Å². The van der Waals surface area contributed by atoms with Crippen LogP contribution in [-0.2, 0) is 6.42 Å². The van der Waals surface area contributed by atoms with Crippen molar-refractivity contribution in [1.29, 1.82) is 0 Å². The lowest BCUT2D eigenvalue weighted by Crippen LogP contribution is -2.44. The summed E-state index contributed by atoms with van der Waals surface area (Å²) in [7, 11) is 1.61. The molecule has 4 rings (SSSR count). The fourth-order valence-corrected chi connectivity index (χ4v) is 4.08. The van der Waals surface area contributed by atoms with Gasteiger partial charge < -0.3 is 15.0 Å². The number of benzene rings is 1. The maximum atomic E-state index is 12.9. The zero-order valence-corrected chi connectivity index (χ0v) is 15.1. The van der Waals surface area contributed by atoms with Gasteiger partial charge in [-0.3, -0.25) is 0 Å². The van der Waals surface area contributed by atoms with E-state index < -0.39 is 0 Å². The van der Waals surface area contributed by atoms with Crippen molar-refractivity contribution >= 4 is 34.9 Å². The Morgan fingerprint density at radius 3 is 2.88 bits per heavy atom. The van der Waals surface area contributed by atoms with Gasteiger partial charge in [0, 0.05) is 24.0 Å². The molecule has 1 aromatic heterocycles. The highest BCUT2D eigenvalue weighted by molar-refractivity contribution is 6.42. The van der Waals surface area contributed by atoms with E-state index >= 15 is 0 Å². The topological polar surface area (TPSA) is 54.5 Å². The number of nitrogens with zero attached hydrogens (tertiary/aromatic N) is 2. The Hall–Kier alpha value is -1.98. The quantitative estimate of drug-likeness (QED) is 0.825. The first-order valence-corrected chi connectivity index (χ1v) is 8.89. The first kappa shape index (κ1) is 16.5. The van der Waals surface area contributed by atoms with Crippen molar-refractivity contribution < 1.29 is 9.53 Å². The molecule has 0 unspecified atom stereocenters. The molecule has 0 spiro atoms. The fourth-order valence-electron chi connectivity index (χ4n) is 3.79. The molecule has 2 atom stereocenters. The van der Waals surface area contributed by atoms with Crippen LogP contribution in [-0.4, -0.2) is 29.1 Å². The zero-order chi connectivity index (χ0) is 17.6. The molecule has 25 heavy (non-hydrogen) atoms. The average molecular weight is 378 g/mol. The maximum absolute atomic E-state index is 12.9. The van der Waals surface area contributed by atoms with Crippen molar-refractivity contribution in [3.05, 3.63) is 51.6 Å². The minimum atomic E-state index is -0.118. The number of fused-ring (bicyclic) bond motifs is 4. The lowest BCUT2D eigenvalue weighted by molar-refractivity contribution is 0.179. The Kier molecular flexibility index (Phi) is 4.21. The van der Waals surface area contributed by atoms with E-state index in [4.69, 9.17) is 27.9 Å². The van der Waals surface area contributed by atoms with Gasteiger partial charge in [-0.25, -0.2) is 9.78 Å². The Bertz CT molecular complexity index is 843. The minimum Gasteiger partial charge on any atom is -0.481 e. The van der Waals surface area contributed by atoms with Crippen molar-refractivity contribution in [3.8, 4) is 5.88 Å². The monoisotopic (exact) mass is 377 g/mol. The molecule has 5 nitrogen and oxygen atoms in total. The molecule has 2 aliphatic heterocycles. The summed E-state index contributed by atoms with van der Waals surface area (Å²) in [6, 6.07) is 7.19. The molecular formula is C18H17Cl2N3O2. The van der Waals surface area contributed by atoms with Crippen molar-refractivity contribution in [2.45, 2.75) is 31.3 Å². The number of ether oxygens (including phenoxy) is 1. The lowest BCUT2D eigenvalue weighted by Gasteiger charge is -2.36. The van der Waals surface area contributed by atoms with Crippen LogP contribution in [0.5, 0.6) is 5.88 Å². The second kappa shape index (κ2) is 6.39. The van der Waals surface area contributed by atoms with E-state index in [1.165, 1.54) is 5.56 Å². The Morgan fingerprint density at radius 2 is 2.12 bits per heavy atom. The van der Waals surface area contributed by atoms with Gasteiger partial charge in [0.05, 0.1) is 23.2 Å². The van der Waals surface area contributed by atoms with Crippen LogP contribution >= 0.6 is 23.2 Å². The van der Waals surface area contributed by atoms with E-state index in [9.17, 15) is 4.79 Å². The van der Waals surface area contributed by atoms with Gasteiger partial charge in [-0.2, -0.15) is 0 Å². The van der Waals surface area contributed by atoms with Gasteiger partial charge in [0.15, 0.2) is 0 Å². The van der Waals surface area contributed by atoms with Gasteiger partial charge in [-0.1, -0.05) is 23.2 Å². The number of nitrogens with one attached hydrogen (secondary N) is 1. The number of rotatable bonds is 2. The molecule has 2 amide bonds. The molecule has 1 aromatic carbocycles. The summed E-state index contributed by atoms with van der Waals surface area (Å²) in [5, 5.41) is 3.82. The number of hydrogen-bond acceptors (Lipinski definition) is 3. The van der Waals surface area contributed by atoms with Gasteiger partial charge in [0.2, 0.25) is 5.88 Å². The highest BCUT2D eigenvalue weighted by Crippen LogP contribution is 2.44. The summed E-state index contributed by atoms with van der Waals surface area (Å²) in [5.41, 5.74) is 2.97. The van der Waals surface area contributed by atoms with E-state index in [1.54, 1.807) is 25.3 Å². The number of hydrogen-bond donors (Lipinski definition) is 1. The van der Waals surface area contributed by atoms with Crippen LogP contribution in [0, 0.1) is 0 Å². The molecular weight excluding hydrogens is 361 g/mol. The number of carbonyl (C=O) groups is 1. The van der Waals surface area contributed by atoms with Crippen LogP contribution in [0.1, 0.15) is 30.0 Å². The second-order valence-corrected chi connectivity index (χ2v) is 7.16. The van der Waals surface area contributed by atoms with Crippen LogP contribution in [0.15, 0.2) is 30.5 Å². The largest absolute Gasteiger partial charge is 0.481 e. The molecule has 2 aliphatic rings. The molecule has 1 fully saturated rings. The van der Waals surface area contributed by atoms with Crippen LogP contribution < -0.4 is 10.1 Å². The standard InChI is InChI=1S/C18H17Cl2N3O2/c1-25-17-7-10-6-12-3-5-16(13(10)9-21-17)23(12)18(24)22-11-2-4-14(19)15(20)8-11/h2,4,7-9,12,16H,3,5-6H2,1H3,(H,22,24)/t12-,16+/m0/s1. The summed E-state index contributed by atoms with van der Waals surface area (Å²) in [6.07, 6.45) is 4.58. The van der Waals surface area contributed by atoms with E-state index in [1.807, 2.05) is 17.2 Å². The molecule has 2 aromatic rings. The Balaban J connectivity index is 1.58. The number of methoxy groups -OCH3 is 1. The second-order valence-electron chi connectivity index (χ2n) is 6.34. The van der Waals surface area contributed by atoms with Gasteiger partial charge in [-0.15, -0.1) is 0 Å². The Morgan fingerprint density at radius 1 is 1.28 bits per heavy atom. The molecule has 1 N–H and O–H groups in total. The lowest BCUT2D eigenvalue weighted by atomic mass is 9.95. The molecule has 0 radical (unpaired) electrons. The smallest absolute Gasteiger partial charge is 0.322 e. The van der Waals surface area contributed by atoms with E-state index in [0.717, 1.165) is 24.8 Å². The molecule has 130 valence electrons. The summed E-state index contributed by atoms with van der Waals surface area (Å²) < 4.78 is 5.22. The molecule has 1 saturated heterocycles. The number of pyridine rings is 1. The molecule has 0 aliphatic carbocycles. The third-order valence-corrected chi connectivity index (χ3v) is 5.67. The number of anilines is 1. The first-order chi connectivity index (χ1) is 12.1. The summed E-state index contributed by atoms with van der Waals surface area (Å²) in [6.45, 7) is 0. The molecule has 0 saturated carbocycles. The van der Waals surface area contributed by atoms with Crippen LogP contribution in [0.4, 0.5) is 10.5 Å². The Labute approximate surface area is 155 Å². The third-order valence-electron chi connectivity index (χ3n) is 4.93. The van der Waals surface area contributed by atoms with Crippen LogP contribution in [0.2, 0.25) is 10.0 Å². The predicted octanol–water partition coefficient (Wildman–Crippen LogP) is 4.69. The van der Waals surface area contributed by atoms with E-state index in [2.05, 4.69) is 10.3 Å². The number of aromatic nitrogens is 1. The van der Waals surface area contributed by atoms with Gasteiger partial charge in [-0.05, 0) is 48.6 Å². The van der Waals surface area contributed by atoms with Crippen molar-refractivity contribution in [3.63, 3.8) is 0 Å². The van der Waals surface area contributed by atoms with Crippen molar-refractivity contribution in [2.75, 3.05) is 12.4 Å². The van der Waals surface area contributed by atoms with Gasteiger partial charge >= 0.3 is 6.03 Å². The zero-order valence-electron chi connectivity index (χ0n) is 13.6. The molecule has 2 bridgehead atoms. The van der Waals surface area contributed by atoms with Gasteiger partial charge in [0.1, 0.15) is 0 Å². The molecule has 7 heteroatoms.